The van der Waals surface area contributed by atoms with Crippen molar-refractivity contribution in [1.29, 1.82) is 0 Å². The Bertz CT molecular complexity index is 978. The average Bonchev–Trinajstić information content (AvgIpc) is 3.36. The van der Waals surface area contributed by atoms with Crippen LogP contribution in [0.2, 0.25) is 0 Å². The minimum absolute atomic E-state index is 0.132. The van der Waals surface area contributed by atoms with Crippen molar-refractivity contribution in [1.82, 2.24) is 24.8 Å². The minimum atomic E-state index is -0.445. The summed E-state index contributed by atoms with van der Waals surface area (Å²) in [5.74, 6) is 1.25. The van der Waals surface area contributed by atoms with Crippen LogP contribution in [0.15, 0.2) is 41.1 Å². The van der Waals surface area contributed by atoms with Crippen LogP contribution in [0.1, 0.15) is 66.3 Å². The Labute approximate surface area is 169 Å². The van der Waals surface area contributed by atoms with Gasteiger partial charge in [0, 0.05) is 24.6 Å². The van der Waals surface area contributed by atoms with Crippen molar-refractivity contribution in [3.05, 3.63) is 59.5 Å². The zero-order chi connectivity index (χ0) is 20.4. The standard InChI is InChI=1S/C21H26N6O2/c1-14(2)21-23-18(25-29-21)13-26-10-6-7-15(11-26)19-17(20(22)28)12-27(24-19)16-8-4-3-5-9-16/h3-5,8-9,12,14-15H,6-7,10-11,13H2,1-2H3,(H2,22,28). The Hall–Kier alpha value is -3.00. The number of hydrogen-bond acceptors (Lipinski definition) is 6. The van der Waals surface area contributed by atoms with Gasteiger partial charge in [-0.3, -0.25) is 9.69 Å². The highest BCUT2D eigenvalue weighted by Gasteiger charge is 2.28. The second-order valence-electron chi connectivity index (χ2n) is 7.85. The number of carbonyl (C=O) groups is 1. The van der Waals surface area contributed by atoms with E-state index in [1.165, 1.54) is 0 Å². The van der Waals surface area contributed by atoms with Crippen molar-refractivity contribution in [2.45, 2.75) is 45.1 Å². The Morgan fingerprint density at radius 3 is 2.79 bits per heavy atom. The number of aromatic nitrogens is 4. The van der Waals surface area contributed by atoms with Crippen LogP contribution in [-0.2, 0) is 6.54 Å². The zero-order valence-electron chi connectivity index (χ0n) is 16.8. The highest BCUT2D eigenvalue weighted by Crippen LogP contribution is 2.29. The first-order valence-corrected chi connectivity index (χ1v) is 10.0. The summed E-state index contributed by atoms with van der Waals surface area (Å²) >= 11 is 0. The first-order chi connectivity index (χ1) is 14.0. The van der Waals surface area contributed by atoms with Crippen molar-refractivity contribution in [2.24, 2.45) is 5.73 Å². The lowest BCUT2D eigenvalue weighted by molar-refractivity contribution is 0.0997. The van der Waals surface area contributed by atoms with E-state index in [0.717, 1.165) is 37.3 Å². The molecule has 2 aromatic heterocycles. The average molecular weight is 394 g/mol. The summed E-state index contributed by atoms with van der Waals surface area (Å²) in [6.45, 7) is 6.41. The van der Waals surface area contributed by atoms with Gasteiger partial charge in [-0.05, 0) is 31.5 Å². The SMILES string of the molecule is CC(C)c1nc(CN2CCCC(c3nn(-c4ccccc4)cc3C(N)=O)C2)no1. The van der Waals surface area contributed by atoms with Crippen molar-refractivity contribution < 1.29 is 9.32 Å². The largest absolute Gasteiger partial charge is 0.365 e. The Morgan fingerprint density at radius 1 is 1.31 bits per heavy atom. The fourth-order valence-corrected chi connectivity index (χ4v) is 3.78. The molecule has 29 heavy (non-hydrogen) atoms. The summed E-state index contributed by atoms with van der Waals surface area (Å²) in [4.78, 5) is 18.8. The van der Waals surface area contributed by atoms with Crippen LogP contribution in [0.5, 0.6) is 0 Å². The topological polar surface area (TPSA) is 103 Å². The maximum absolute atomic E-state index is 12.1. The van der Waals surface area contributed by atoms with Gasteiger partial charge < -0.3 is 10.3 Å². The maximum Gasteiger partial charge on any atom is 0.252 e. The molecule has 4 rings (SSSR count). The molecule has 1 amide bonds. The molecule has 1 aliphatic heterocycles. The van der Waals surface area contributed by atoms with Crippen LogP contribution in [0.3, 0.4) is 0 Å². The number of hydrogen-bond donors (Lipinski definition) is 1. The summed E-state index contributed by atoms with van der Waals surface area (Å²) < 4.78 is 7.06. The molecule has 0 bridgehead atoms. The maximum atomic E-state index is 12.1. The van der Waals surface area contributed by atoms with Gasteiger partial charge in [-0.25, -0.2) is 4.68 Å². The first kappa shape index (κ1) is 19.3. The summed E-state index contributed by atoms with van der Waals surface area (Å²) in [5, 5.41) is 8.83. The number of carbonyl (C=O) groups excluding carboxylic acids is 1. The summed E-state index contributed by atoms with van der Waals surface area (Å²) in [6, 6.07) is 9.75. The molecule has 1 aromatic carbocycles. The third-order valence-electron chi connectivity index (χ3n) is 5.26. The fraction of sp³-hybridized carbons (Fsp3) is 0.429. The molecule has 8 nitrogen and oxygen atoms in total. The monoisotopic (exact) mass is 394 g/mol. The molecule has 1 fully saturated rings. The van der Waals surface area contributed by atoms with Crippen LogP contribution < -0.4 is 5.73 Å². The summed E-state index contributed by atoms with van der Waals surface area (Å²) in [5.41, 5.74) is 7.82. The highest BCUT2D eigenvalue weighted by molar-refractivity contribution is 5.94. The van der Waals surface area contributed by atoms with Gasteiger partial charge in [0.2, 0.25) is 5.89 Å². The quantitative estimate of drug-likeness (QED) is 0.689. The molecule has 152 valence electrons. The number of benzene rings is 1. The molecule has 0 radical (unpaired) electrons. The van der Waals surface area contributed by atoms with Crippen molar-refractivity contribution in [2.75, 3.05) is 13.1 Å². The zero-order valence-corrected chi connectivity index (χ0v) is 16.8. The van der Waals surface area contributed by atoms with Crippen molar-refractivity contribution in [3.8, 4) is 5.69 Å². The van der Waals surface area contributed by atoms with Crippen LogP contribution >= 0.6 is 0 Å². The van der Waals surface area contributed by atoms with Crippen LogP contribution in [-0.4, -0.2) is 43.8 Å². The first-order valence-electron chi connectivity index (χ1n) is 10.0. The summed E-state index contributed by atoms with van der Waals surface area (Å²) in [6.07, 6.45) is 3.71. The van der Waals surface area contributed by atoms with E-state index < -0.39 is 5.91 Å². The Balaban J connectivity index is 1.54. The van der Waals surface area contributed by atoms with Gasteiger partial charge in [-0.15, -0.1) is 0 Å². The van der Waals surface area contributed by atoms with E-state index in [4.69, 9.17) is 15.4 Å². The number of primary amides is 1. The molecule has 1 unspecified atom stereocenters. The molecule has 3 aromatic rings. The van der Waals surface area contributed by atoms with Crippen LogP contribution in [0.25, 0.3) is 5.69 Å². The molecule has 2 N–H and O–H groups in total. The van der Waals surface area contributed by atoms with Gasteiger partial charge in [0.1, 0.15) is 0 Å². The minimum Gasteiger partial charge on any atom is -0.365 e. The molecule has 0 aliphatic carbocycles. The fourth-order valence-electron chi connectivity index (χ4n) is 3.78. The molecule has 1 saturated heterocycles. The van der Waals surface area contributed by atoms with Gasteiger partial charge in [0.25, 0.3) is 5.91 Å². The van der Waals surface area contributed by atoms with Gasteiger partial charge in [-0.2, -0.15) is 10.1 Å². The molecule has 0 saturated carbocycles. The van der Waals surface area contributed by atoms with Crippen LogP contribution in [0.4, 0.5) is 0 Å². The third-order valence-corrected chi connectivity index (χ3v) is 5.26. The van der Waals surface area contributed by atoms with Gasteiger partial charge >= 0.3 is 0 Å². The molecule has 1 aliphatic rings. The molecule has 8 heteroatoms. The third kappa shape index (κ3) is 4.22. The predicted molar refractivity (Wildman–Crippen MR) is 108 cm³/mol. The smallest absolute Gasteiger partial charge is 0.252 e. The number of amides is 1. The normalized spacial score (nSPS) is 17.7. The lowest BCUT2D eigenvalue weighted by Gasteiger charge is -2.31. The number of nitrogens with two attached hydrogens (primary N) is 1. The molecular weight excluding hydrogens is 368 g/mol. The van der Waals surface area contributed by atoms with E-state index in [1.54, 1.807) is 10.9 Å². The number of para-hydroxylation sites is 1. The van der Waals surface area contributed by atoms with Gasteiger partial charge in [-0.1, -0.05) is 37.2 Å². The van der Waals surface area contributed by atoms with E-state index in [-0.39, 0.29) is 11.8 Å². The number of likely N-dealkylation sites (tertiary alicyclic amines) is 1. The van der Waals surface area contributed by atoms with E-state index in [2.05, 4.69) is 15.0 Å². The Kier molecular flexibility index (Phi) is 5.44. The highest BCUT2D eigenvalue weighted by atomic mass is 16.5. The van der Waals surface area contributed by atoms with Gasteiger partial charge in [0.15, 0.2) is 5.82 Å². The second-order valence-corrected chi connectivity index (χ2v) is 7.85. The Morgan fingerprint density at radius 2 is 2.10 bits per heavy atom. The number of piperidine rings is 1. The lowest BCUT2D eigenvalue weighted by atomic mass is 9.92. The van der Waals surface area contributed by atoms with Crippen LogP contribution in [0, 0.1) is 0 Å². The van der Waals surface area contributed by atoms with E-state index >= 15 is 0 Å². The molecule has 0 spiro atoms. The van der Waals surface area contributed by atoms with Crippen molar-refractivity contribution in [3.63, 3.8) is 0 Å². The summed E-state index contributed by atoms with van der Waals surface area (Å²) in [7, 11) is 0. The van der Waals surface area contributed by atoms with E-state index in [0.29, 0.717) is 23.8 Å². The van der Waals surface area contributed by atoms with E-state index in [9.17, 15) is 4.79 Å². The predicted octanol–water partition coefficient (Wildman–Crippen LogP) is 2.86. The molecule has 1 atom stereocenters. The van der Waals surface area contributed by atoms with Crippen molar-refractivity contribution >= 4 is 5.91 Å². The molecule has 3 heterocycles. The number of nitrogens with zero attached hydrogens (tertiary/aromatic N) is 5. The lowest BCUT2D eigenvalue weighted by Crippen LogP contribution is -2.35. The second kappa shape index (κ2) is 8.16. The number of rotatable bonds is 6. The van der Waals surface area contributed by atoms with E-state index in [1.807, 2.05) is 44.2 Å². The van der Waals surface area contributed by atoms with Gasteiger partial charge in [0.05, 0.1) is 23.5 Å². The molecular formula is C21H26N6O2.